The maximum Gasteiger partial charge on any atom is -0.00430 e. The molecule has 0 aromatic rings. The van der Waals surface area contributed by atoms with Crippen LogP contribution in [0.25, 0.3) is 0 Å². The molecule has 0 saturated heterocycles. The van der Waals surface area contributed by atoms with Crippen LogP contribution in [0.5, 0.6) is 0 Å². The van der Waals surface area contributed by atoms with Gasteiger partial charge < -0.3 is 5.73 Å². The first-order valence-corrected chi connectivity index (χ1v) is 7.12. The van der Waals surface area contributed by atoms with Crippen LogP contribution in [0, 0.1) is 35.5 Å². The molecule has 0 heterocycles. The van der Waals surface area contributed by atoms with Crippen molar-refractivity contribution in [2.75, 3.05) is 6.54 Å². The zero-order valence-electron chi connectivity index (χ0n) is 10.3. The molecule has 0 aromatic heterocycles. The fraction of sp³-hybridized carbons (Fsp3) is 0.867. The van der Waals surface area contributed by atoms with Gasteiger partial charge in [-0.1, -0.05) is 6.08 Å². The summed E-state index contributed by atoms with van der Waals surface area (Å²) in [5.41, 5.74) is 5.99. The first-order valence-electron chi connectivity index (χ1n) is 7.12. The molecule has 1 nitrogen and oxygen atoms in total. The SMILES string of the molecule is C=CCC(CN)C1C2CC3CC(C2)CC1C3. The Kier molecular flexibility index (Phi) is 2.83. The average molecular weight is 219 g/mol. The third-order valence-corrected chi connectivity index (χ3v) is 5.62. The van der Waals surface area contributed by atoms with Gasteiger partial charge >= 0.3 is 0 Å². The van der Waals surface area contributed by atoms with Gasteiger partial charge in [0.25, 0.3) is 0 Å². The van der Waals surface area contributed by atoms with E-state index < -0.39 is 0 Å². The van der Waals surface area contributed by atoms with E-state index in [0.717, 1.165) is 48.5 Å². The smallest absolute Gasteiger partial charge is 0.00430 e. The maximum absolute atomic E-state index is 5.99. The lowest BCUT2D eigenvalue weighted by molar-refractivity contribution is -0.0595. The van der Waals surface area contributed by atoms with E-state index in [9.17, 15) is 0 Å². The Balaban J connectivity index is 1.77. The van der Waals surface area contributed by atoms with Crippen LogP contribution >= 0.6 is 0 Å². The van der Waals surface area contributed by atoms with Crippen LogP contribution in [0.3, 0.4) is 0 Å². The molecule has 4 rings (SSSR count). The predicted molar refractivity (Wildman–Crippen MR) is 67.9 cm³/mol. The second-order valence-corrected chi connectivity index (χ2v) is 6.53. The first-order chi connectivity index (χ1) is 7.81. The fourth-order valence-electron chi connectivity index (χ4n) is 5.36. The molecule has 4 bridgehead atoms. The largest absolute Gasteiger partial charge is 0.330 e. The Morgan fingerprint density at radius 2 is 1.62 bits per heavy atom. The van der Waals surface area contributed by atoms with Gasteiger partial charge in [-0.05, 0) is 80.6 Å². The van der Waals surface area contributed by atoms with E-state index in [4.69, 9.17) is 5.73 Å². The van der Waals surface area contributed by atoms with E-state index >= 15 is 0 Å². The highest BCUT2D eigenvalue weighted by Gasteiger charge is 2.49. The van der Waals surface area contributed by atoms with Crippen molar-refractivity contribution < 1.29 is 0 Å². The van der Waals surface area contributed by atoms with Gasteiger partial charge in [-0.25, -0.2) is 0 Å². The van der Waals surface area contributed by atoms with E-state index in [1.54, 1.807) is 6.42 Å². The van der Waals surface area contributed by atoms with Gasteiger partial charge in [0.05, 0.1) is 0 Å². The molecule has 1 atom stereocenters. The molecule has 0 aliphatic heterocycles. The number of nitrogens with two attached hydrogens (primary N) is 1. The highest BCUT2D eigenvalue weighted by atomic mass is 14.6. The molecule has 0 radical (unpaired) electrons. The van der Waals surface area contributed by atoms with E-state index in [-0.39, 0.29) is 0 Å². The van der Waals surface area contributed by atoms with Crippen molar-refractivity contribution in [2.24, 2.45) is 41.2 Å². The minimum absolute atomic E-state index is 0.729. The van der Waals surface area contributed by atoms with Crippen molar-refractivity contribution >= 4 is 0 Å². The summed E-state index contributed by atoms with van der Waals surface area (Å²) in [5, 5.41) is 0. The van der Waals surface area contributed by atoms with E-state index in [0.29, 0.717) is 0 Å². The summed E-state index contributed by atoms with van der Waals surface area (Å²) in [6.45, 7) is 4.78. The van der Waals surface area contributed by atoms with Crippen molar-refractivity contribution in [1.29, 1.82) is 0 Å². The summed E-state index contributed by atoms with van der Waals surface area (Å²) in [6.07, 6.45) is 10.9. The fourth-order valence-corrected chi connectivity index (χ4v) is 5.36. The van der Waals surface area contributed by atoms with Crippen LogP contribution in [-0.2, 0) is 0 Å². The van der Waals surface area contributed by atoms with Crippen molar-refractivity contribution in [3.8, 4) is 0 Å². The number of rotatable bonds is 4. The molecular weight excluding hydrogens is 194 g/mol. The molecule has 2 N–H and O–H groups in total. The van der Waals surface area contributed by atoms with Crippen LogP contribution in [0.4, 0.5) is 0 Å². The highest BCUT2D eigenvalue weighted by molar-refractivity contribution is 5.00. The molecule has 0 spiro atoms. The molecule has 1 heteroatoms. The topological polar surface area (TPSA) is 26.0 Å². The Bertz CT molecular complexity index is 243. The second kappa shape index (κ2) is 4.18. The van der Waals surface area contributed by atoms with Crippen molar-refractivity contribution in [2.45, 2.75) is 38.5 Å². The monoisotopic (exact) mass is 219 g/mol. The molecule has 90 valence electrons. The molecule has 4 aliphatic rings. The third-order valence-electron chi connectivity index (χ3n) is 5.62. The summed E-state index contributed by atoms with van der Waals surface area (Å²) in [7, 11) is 0. The Hall–Kier alpha value is -0.300. The average Bonchev–Trinajstić information content (AvgIpc) is 2.26. The maximum atomic E-state index is 5.99. The van der Waals surface area contributed by atoms with Gasteiger partial charge in [-0.15, -0.1) is 6.58 Å². The van der Waals surface area contributed by atoms with Gasteiger partial charge in [0.2, 0.25) is 0 Å². The molecule has 0 amide bonds. The van der Waals surface area contributed by atoms with Gasteiger partial charge in [0.1, 0.15) is 0 Å². The van der Waals surface area contributed by atoms with Gasteiger partial charge in [0.15, 0.2) is 0 Å². The summed E-state index contributed by atoms with van der Waals surface area (Å²) >= 11 is 0. The number of hydrogen-bond acceptors (Lipinski definition) is 1. The second-order valence-electron chi connectivity index (χ2n) is 6.53. The molecule has 0 aromatic carbocycles. The lowest BCUT2D eigenvalue weighted by atomic mass is 9.49. The van der Waals surface area contributed by atoms with Crippen LogP contribution in [-0.4, -0.2) is 6.54 Å². The van der Waals surface area contributed by atoms with Crippen molar-refractivity contribution in [1.82, 2.24) is 0 Å². The van der Waals surface area contributed by atoms with Crippen LogP contribution in [0.2, 0.25) is 0 Å². The first kappa shape index (κ1) is 10.8. The summed E-state index contributed by atoms with van der Waals surface area (Å²) in [6, 6.07) is 0. The normalized spacial score (nSPS) is 46.9. The van der Waals surface area contributed by atoms with E-state index in [1.165, 1.54) is 25.7 Å². The van der Waals surface area contributed by atoms with Crippen molar-refractivity contribution in [3.63, 3.8) is 0 Å². The molecule has 4 aliphatic carbocycles. The Labute approximate surface area is 99.5 Å². The zero-order chi connectivity index (χ0) is 11.1. The lowest BCUT2D eigenvalue weighted by Crippen LogP contribution is -2.48. The minimum atomic E-state index is 0.729. The molecule has 4 saturated carbocycles. The molecule has 1 unspecified atom stereocenters. The minimum Gasteiger partial charge on any atom is -0.330 e. The molecular formula is C15H25N. The summed E-state index contributed by atoms with van der Waals surface area (Å²) in [4.78, 5) is 0. The van der Waals surface area contributed by atoms with Crippen LogP contribution in [0.1, 0.15) is 38.5 Å². The van der Waals surface area contributed by atoms with Crippen LogP contribution < -0.4 is 5.73 Å². The summed E-state index contributed by atoms with van der Waals surface area (Å²) < 4.78 is 0. The quantitative estimate of drug-likeness (QED) is 0.722. The number of hydrogen-bond donors (Lipinski definition) is 1. The molecule has 16 heavy (non-hydrogen) atoms. The third kappa shape index (κ3) is 1.64. The van der Waals surface area contributed by atoms with E-state index in [2.05, 4.69) is 12.7 Å². The standard InChI is InChI=1S/C15H25N/c1-2-3-12(9-16)15-13-5-10-4-11(7-13)8-14(15)6-10/h2,10-15H,1,3-9,16H2. The van der Waals surface area contributed by atoms with Gasteiger partial charge in [0, 0.05) is 0 Å². The van der Waals surface area contributed by atoms with E-state index in [1.807, 2.05) is 0 Å². The van der Waals surface area contributed by atoms with Gasteiger partial charge in [-0.2, -0.15) is 0 Å². The molecule has 4 fully saturated rings. The van der Waals surface area contributed by atoms with Crippen molar-refractivity contribution in [3.05, 3.63) is 12.7 Å². The zero-order valence-corrected chi connectivity index (χ0v) is 10.3. The number of allylic oxidation sites excluding steroid dienone is 1. The predicted octanol–water partition coefficient (Wildman–Crippen LogP) is 3.21. The Morgan fingerprint density at radius 3 is 2.06 bits per heavy atom. The Morgan fingerprint density at radius 1 is 1.06 bits per heavy atom. The summed E-state index contributed by atoms with van der Waals surface area (Å²) in [5.74, 6) is 5.87. The lowest BCUT2D eigenvalue weighted by Gasteiger charge is -2.56. The highest BCUT2D eigenvalue weighted by Crippen LogP contribution is 2.58. The van der Waals surface area contributed by atoms with Gasteiger partial charge in [-0.3, -0.25) is 0 Å². The van der Waals surface area contributed by atoms with Crippen LogP contribution in [0.15, 0.2) is 12.7 Å².